The van der Waals surface area contributed by atoms with E-state index in [9.17, 15) is 0 Å². The molecular weight excluding hydrogens is 288 g/mol. The van der Waals surface area contributed by atoms with Gasteiger partial charge in [0, 0.05) is 24.0 Å². The minimum absolute atomic E-state index is 0.729. The van der Waals surface area contributed by atoms with Gasteiger partial charge in [-0.15, -0.1) is 0 Å². The van der Waals surface area contributed by atoms with Crippen molar-refractivity contribution in [1.29, 1.82) is 0 Å². The summed E-state index contributed by atoms with van der Waals surface area (Å²) < 4.78 is 7.43. The number of pyridine rings is 1. The maximum absolute atomic E-state index is 5.95. The van der Waals surface area contributed by atoms with E-state index in [4.69, 9.17) is 15.5 Å². The number of methoxy groups -OCH3 is 1. The highest BCUT2D eigenvalue weighted by atomic mass is 16.5. The van der Waals surface area contributed by atoms with E-state index >= 15 is 0 Å². The molecule has 5 nitrogen and oxygen atoms in total. The van der Waals surface area contributed by atoms with E-state index in [-0.39, 0.29) is 0 Å². The second kappa shape index (κ2) is 5.93. The molecule has 0 spiro atoms. The van der Waals surface area contributed by atoms with Gasteiger partial charge in [0.15, 0.2) is 0 Å². The minimum atomic E-state index is 0.729. The molecule has 0 radical (unpaired) electrons. The molecule has 0 aliphatic heterocycles. The largest absolute Gasteiger partial charge is 0.496 e. The zero-order chi connectivity index (χ0) is 16.6. The molecule has 120 valence electrons. The van der Waals surface area contributed by atoms with E-state index in [0.29, 0.717) is 0 Å². The number of hydrogen-bond acceptors (Lipinski definition) is 4. The van der Waals surface area contributed by atoms with Gasteiger partial charge < -0.3 is 19.8 Å². The van der Waals surface area contributed by atoms with Crippen LogP contribution in [0, 0.1) is 6.92 Å². The fourth-order valence-corrected chi connectivity index (χ4v) is 2.82. The van der Waals surface area contributed by atoms with Crippen molar-refractivity contribution in [3.05, 3.63) is 47.8 Å². The molecule has 0 unspecified atom stereocenters. The molecule has 0 saturated heterocycles. The van der Waals surface area contributed by atoms with Crippen LogP contribution in [0.15, 0.2) is 36.5 Å². The van der Waals surface area contributed by atoms with Crippen molar-refractivity contribution >= 4 is 11.3 Å². The number of nitrogen functional groups attached to an aromatic ring is 1. The van der Waals surface area contributed by atoms with Gasteiger partial charge in [0.2, 0.25) is 0 Å². The maximum Gasteiger partial charge on any atom is 0.137 e. The summed E-state index contributed by atoms with van der Waals surface area (Å²) in [6.07, 6.45) is 1.93. The normalized spacial score (nSPS) is 11.3. The third-order valence-corrected chi connectivity index (χ3v) is 3.87. The molecule has 2 heterocycles. The van der Waals surface area contributed by atoms with Crippen molar-refractivity contribution < 1.29 is 4.74 Å². The van der Waals surface area contributed by atoms with Gasteiger partial charge in [-0.05, 0) is 56.9 Å². The molecule has 0 atom stereocenters. The third kappa shape index (κ3) is 2.87. The van der Waals surface area contributed by atoms with Gasteiger partial charge in [0.05, 0.1) is 18.5 Å². The summed E-state index contributed by atoms with van der Waals surface area (Å²) in [5.74, 6) is 0.885. The van der Waals surface area contributed by atoms with Crippen molar-refractivity contribution in [3.8, 4) is 17.0 Å². The van der Waals surface area contributed by atoms with Gasteiger partial charge in [-0.3, -0.25) is 0 Å². The summed E-state index contributed by atoms with van der Waals surface area (Å²) in [6.45, 7) is 2.83. The Balaban J connectivity index is 2.21. The van der Waals surface area contributed by atoms with Crippen LogP contribution in [0.1, 0.15) is 11.3 Å². The van der Waals surface area contributed by atoms with Crippen LogP contribution in [0.2, 0.25) is 0 Å². The molecule has 23 heavy (non-hydrogen) atoms. The Labute approximate surface area is 136 Å². The monoisotopic (exact) mass is 310 g/mol. The van der Waals surface area contributed by atoms with Crippen LogP contribution in [0.3, 0.4) is 0 Å². The number of anilines is 1. The predicted molar refractivity (Wildman–Crippen MR) is 93.7 cm³/mol. The summed E-state index contributed by atoms with van der Waals surface area (Å²) in [5.41, 5.74) is 11.9. The number of aromatic nitrogens is 2. The van der Waals surface area contributed by atoms with Crippen LogP contribution in [-0.4, -0.2) is 35.5 Å². The van der Waals surface area contributed by atoms with Crippen LogP contribution in [0.4, 0.5) is 5.69 Å². The van der Waals surface area contributed by atoms with Gasteiger partial charge in [-0.1, -0.05) is 0 Å². The van der Waals surface area contributed by atoms with Crippen LogP contribution in [-0.2, 0) is 6.54 Å². The number of benzene rings is 1. The first-order valence-electron chi connectivity index (χ1n) is 7.56. The van der Waals surface area contributed by atoms with E-state index in [2.05, 4.69) is 35.5 Å². The van der Waals surface area contributed by atoms with Crippen LogP contribution >= 0.6 is 0 Å². The number of hydrogen-bond donors (Lipinski definition) is 1. The number of nitrogens with zero attached hydrogens (tertiary/aromatic N) is 3. The number of imidazole rings is 1. The van der Waals surface area contributed by atoms with Crippen LogP contribution < -0.4 is 10.5 Å². The molecular formula is C18H22N4O. The van der Waals surface area contributed by atoms with E-state index in [1.165, 1.54) is 0 Å². The first-order valence-corrected chi connectivity index (χ1v) is 7.56. The van der Waals surface area contributed by atoms with Gasteiger partial charge in [-0.2, -0.15) is 0 Å². The Morgan fingerprint density at radius 3 is 2.65 bits per heavy atom. The lowest BCUT2D eigenvalue weighted by molar-refractivity contribution is 0.396. The van der Waals surface area contributed by atoms with E-state index in [1.807, 2.05) is 31.3 Å². The van der Waals surface area contributed by atoms with Gasteiger partial charge in [0.1, 0.15) is 11.4 Å². The molecule has 0 amide bonds. The molecule has 0 fully saturated rings. The first-order chi connectivity index (χ1) is 11.0. The van der Waals surface area contributed by atoms with E-state index in [0.717, 1.165) is 46.1 Å². The Morgan fingerprint density at radius 2 is 2.00 bits per heavy atom. The highest BCUT2D eigenvalue weighted by molar-refractivity contribution is 5.69. The second-order valence-electron chi connectivity index (χ2n) is 6.02. The zero-order valence-corrected chi connectivity index (χ0v) is 14.0. The molecule has 0 aliphatic rings. The standard InChI is InChI=1S/C18H22N4O/c1-12-9-13(5-7-16(12)23-4)18-15(11-21(2)3)22-10-14(19)6-8-17(22)20-18/h5-10H,11,19H2,1-4H3. The fourth-order valence-electron chi connectivity index (χ4n) is 2.82. The van der Waals surface area contributed by atoms with Crippen molar-refractivity contribution in [2.75, 3.05) is 26.9 Å². The van der Waals surface area contributed by atoms with E-state index in [1.54, 1.807) is 7.11 Å². The average Bonchev–Trinajstić information content (AvgIpc) is 2.84. The Hall–Kier alpha value is -2.53. The van der Waals surface area contributed by atoms with Crippen LogP contribution in [0.5, 0.6) is 5.75 Å². The van der Waals surface area contributed by atoms with Gasteiger partial charge in [-0.25, -0.2) is 4.98 Å². The SMILES string of the molecule is COc1ccc(-c2nc3ccc(N)cn3c2CN(C)C)cc1C. The minimum Gasteiger partial charge on any atom is -0.496 e. The predicted octanol–water partition coefficient (Wildman–Crippen LogP) is 2.96. The molecule has 2 N–H and O–H groups in total. The highest BCUT2D eigenvalue weighted by Gasteiger charge is 2.15. The average molecular weight is 310 g/mol. The number of fused-ring (bicyclic) bond motifs is 1. The Kier molecular flexibility index (Phi) is 3.96. The molecule has 3 aromatic rings. The topological polar surface area (TPSA) is 55.8 Å². The van der Waals surface area contributed by atoms with E-state index < -0.39 is 0 Å². The summed E-state index contributed by atoms with van der Waals surface area (Å²) in [5, 5.41) is 0. The smallest absolute Gasteiger partial charge is 0.137 e. The fraction of sp³-hybridized carbons (Fsp3) is 0.278. The maximum atomic E-state index is 5.95. The lowest BCUT2D eigenvalue weighted by Crippen LogP contribution is -2.13. The zero-order valence-electron chi connectivity index (χ0n) is 14.0. The molecule has 0 aliphatic carbocycles. The van der Waals surface area contributed by atoms with Crippen LogP contribution in [0.25, 0.3) is 16.9 Å². The molecule has 5 heteroatoms. The van der Waals surface area contributed by atoms with Gasteiger partial charge >= 0.3 is 0 Å². The summed E-state index contributed by atoms with van der Waals surface area (Å²) >= 11 is 0. The highest BCUT2D eigenvalue weighted by Crippen LogP contribution is 2.29. The second-order valence-corrected chi connectivity index (χ2v) is 6.02. The molecule has 0 bridgehead atoms. The van der Waals surface area contributed by atoms with Crippen molar-refractivity contribution in [3.63, 3.8) is 0 Å². The van der Waals surface area contributed by atoms with Crippen molar-refractivity contribution in [1.82, 2.24) is 14.3 Å². The number of ether oxygens (including phenoxy) is 1. The Morgan fingerprint density at radius 1 is 1.22 bits per heavy atom. The summed E-state index contributed by atoms with van der Waals surface area (Å²) in [7, 11) is 5.79. The summed E-state index contributed by atoms with van der Waals surface area (Å²) in [6, 6.07) is 9.99. The van der Waals surface area contributed by atoms with Crippen molar-refractivity contribution in [2.24, 2.45) is 0 Å². The number of rotatable bonds is 4. The molecule has 2 aromatic heterocycles. The van der Waals surface area contributed by atoms with Crippen molar-refractivity contribution in [2.45, 2.75) is 13.5 Å². The number of nitrogens with two attached hydrogens (primary N) is 1. The third-order valence-electron chi connectivity index (χ3n) is 3.87. The summed E-state index contributed by atoms with van der Waals surface area (Å²) in [4.78, 5) is 6.95. The molecule has 3 rings (SSSR count). The lowest BCUT2D eigenvalue weighted by Gasteiger charge is -2.12. The Bertz CT molecular complexity index is 852. The lowest BCUT2D eigenvalue weighted by atomic mass is 10.1. The quantitative estimate of drug-likeness (QED) is 0.805. The molecule has 1 aromatic carbocycles. The van der Waals surface area contributed by atoms with Gasteiger partial charge in [0.25, 0.3) is 0 Å². The number of aryl methyl sites for hydroxylation is 1. The molecule has 0 saturated carbocycles. The first kappa shape index (κ1) is 15.4.